The minimum absolute atomic E-state index is 0.0397. The summed E-state index contributed by atoms with van der Waals surface area (Å²) < 4.78 is 5.47. The number of aryl methyl sites for hydroxylation is 1. The van der Waals surface area contributed by atoms with Crippen molar-refractivity contribution in [1.29, 1.82) is 0 Å². The molecule has 21 heavy (non-hydrogen) atoms. The highest BCUT2D eigenvalue weighted by Crippen LogP contribution is 2.31. The number of furan rings is 1. The molecule has 0 saturated carbocycles. The van der Waals surface area contributed by atoms with E-state index in [1.165, 1.54) is 0 Å². The summed E-state index contributed by atoms with van der Waals surface area (Å²) in [5.41, 5.74) is 2.69. The van der Waals surface area contributed by atoms with Crippen molar-refractivity contribution in [2.24, 2.45) is 0 Å². The fraction of sp³-hybridized carbons (Fsp3) is 0.235. The van der Waals surface area contributed by atoms with Gasteiger partial charge in [0.15, 0.2) is 0 Å². The van der Waals surface area contributed by atoms with Crippen molar-refractivity contribution in [2.45, 2.75) is 25.3 Å². The Kier molecular flexibility index (Phi) is 2.81. The number of amides is 1. The summed E-state index contributed by atoms with van der Waals surface area (Å²) in [6.45, 7) is 0. The first-order valence-electron chi connectivity index (χ1n) is 7.26. The summed E-state index contributed by atoms with van der Waals surface area (Å²) in [4.78, 5) is 15.7. The number of para-hydroxylation sites is 1. The van der Waals surface area contributed by atoms with Crippen LogP contribution in [-0.2, 0) is 6.42 Å². The van der Waals surface area contributed by atoms with Crippen molar-refractivity contribution in [1.82, 2.24) is 10.3 Å². The van der Waals surface area contributed by atoms with Crippen molar-refractivity contribution in [3.63, 3.8) is 0 Å². The van der Waals surface area contributed by atoms with E-state index in [0.29, 0.717) is 5.56 Å². The summed E-state index contributed by atoms with van der Waals surface area (Å²) in [6.07, 6.45) is 6.52. The van der Waals surface area contributed by atoms with Crippen LogP contribution in [-0.4, -0.2) is 10.9 Å². The molecule has 1 amide bonds. The number of rotatable bonds is 2. The number of hydrogen-bond acceptors (Lipinski definition) is 2. The molecule has 2 aromatic heterocycles. The minimum Gasteiger partial charge on any atom is -0.469 e. The number of carbonyl (C=O) groups excluding carboxylic acids is 1. The lowest BCUT2D eigenvalue weighted by molar-refractivity contribution is 0.0934. The second kappa shape index (κ2) is 4.81. The minimum atomic E-state index is -0.0397. The zero-order valence-electron chi connectivity index (χ0n) is 11.6. The monoisotopic (exact) mass is 280 g/mol. The van der Waals surface area contributed by atoms with E-state index < -0.39 is 0 Å². The predicted octanol–water partition coefficient (Wildman–Crippen LogP) is 3.57. The van der Waals surface area contributed by atoms with Gasteiger partial charge in [-0.05, 0) is 31.0 Å². The molecule has 4 heteroatoms. The number of benzene rings is 1. The van der Waals surface area contributed by atoms with Crippen molar-refractivity contribution in [3.05, 3.63) is 59.7 Å². The van der Waals surface area contributed by atoms with E-state index in [1.54, 1.807) is 6.26 Å². The van der Waals surface area contributed by atoms with E-state index in [-0.39, 0.29) is 11.9 Å². The number of nitrogens with one attached hydrogen (secondary N) is 2. The zero-order chi connectivity index (χ0) is 14.2. The largest absolute Gasteiger partial charge is 0.469 e. The van der Waals surface area contributed by atoms with Gasteiger partial charge in [0.25, 0.3) is 5.91 Å². The molecule has 0 fully saturated rings. The van der Waals surface area contributed by atoms with Crippen molar-refractivity contribution in [2.75, 3.05) is 0 Å². The molecule has 2 N–H and O–H groups in total. The number of aromatic amines is 1. The molecule has 0 saturated heterocycles. The van der Waals surface area contributed by atoms with Gasteiger partial charge in [-0.1, -0.05) is 12.1 Å². The van der Waals surface area contributed by atoms with Crippen LogP contribution >= 0.6 is 0 Å². The lowest BCUT2D eigenvalue weighted by atomic mass is 9.93. The average Bonchev–Trinajstić information content (AvgIpc) is 3.15. The summed E-state index contributed by atoms with van der Waals surface area (Å²) in [5, 5.41) is 4.19. The van der Waals surface area contributed by atoms with Crippen LogP contribution in [0.1, 0.15) is 40.6 Å². The van der Waals surface area contributed by atoms with Crippen LogP contribution in [0.4, 0.5) is 0 Å². The Morgan fingerprint density at radius 2 is 2.24 bits per heavy atom. The number of aromatic nitrogens is 1. The highest BCUT2D eigenvalue weighted by Gasteiger charge is 2.24. The molecule has 0 spiro atoms. The topological polar surface area (TPSA) is 58.0 Å². The fourth-order valence-electron chi connectivity index (χ4n) is 3.15. The van der Waals surface area contributed by atoms with E-state index in [1.807, 2.05) is 36.5 Å². The van der Waals surface area contributed by atoms with Gasteiger partial charge >= 0.3 is 0 Å². The van der Waals surface area contributed by atoms with Gasteiger partial charge < -0.3 is 14.7 Å². The standard InChI is InChI=1S/C17H16N2O2/c20-17(13-4-1-3-11-7-9-18-16(11)13)19-14-5-2-6-15-12(14)8-10-21-15/h1,3-4,7-10,14,18H,2,5-6H2,(H,19,20). The Hall–Kier alpha value is -2.49. The molecule has 4 nitrogen and oxygen atoms in total. The molecule has 1 unspecified atom stereocenters. The summed E-state index contributed by atoms with van der Waals surface area (Å²) >= 11 is 0. The van der Waals surface area contributed by atoms with Crippen molar-refractivity contribution >= 4 is 16.8 Å². The SMILES string of the molecule is O=C(NC1CCCc2occc21)c1cccc2cc[nH]c12. The molecule has 1 atom stereocenters. The van der Waals surface area contributed by atoms with Gasteiger partial charge in [0.1, 0.15) is 5.76 Å². The van der Waals surface area contributed by atoms with Crippen LogP contribution in [0.2, 0.25) is 0 Å². The Labute approximate surface area is 122 Å². The molecule has 1 aliphatic rings. The van der Waals surface area contributed by atoms with Gasteiger partial charge in [-0.25, -0.2) is 0 Å². The van der Waals surface area contributed by atoms with Gasteiger partial charge in [-0.2, -0.15) is 0 Å². The van der Waals surface area contributed by atoms with Gasteiger partial charge in [0.05, 0.1) is 23.4 Å². The maximum atomic E-state index is 12.6. The van der Waals surface area contributed by atoms with Gasteiger partial charge in [-0.15, -0.1) is 0 Å². The molecule has 1 aromatic carbocycles. The van der Waals surface area contributed by atoms with Crippen LogP contribution in [0.15, 0.2) is 47.2 Å². The van der Waals surface area contributed by atoms with E-state index >= 15 is 0 Å². The Balaban J connectivity index is 1.64. The highest BCUT2D eigenvalue weighted by atomic mass is 16.3. The van der Waals surface area contributed by atoms with E-state index in [9.17, 15) is 4.79 Å². The number of carbonyl (C=O) groups is 1. The molecular weight excluding hydrogens is 264 g/mol. The van der Waals surface area contributed by atoms with Crippen LogP contribution < -0.4 is 5.32 Å². The predicted molar refractivity (Wildman–Crippen MR) is 80.2 cm³/mol. The van der Waals surface area contributed by atoms with Crippen LogP contribution in [0.3, 0.4) is 0 Å². The van der Waals surface area contributed by atoms with Crippen LogP contribution in [0.5, 0.6) is 0 Å². The number of H-pyrrole nitrogens is 1. The third kappa shape index (κ3) is 2.03. The Bertz CT molecular complexity index is 800. The first-order chi connectivity index (χ1) is 10.3. The molecule has 1 aliphatic carbocycles. The molecular formula is C17H16N2O2. The molecule has 106 valence electrons. The van der Waals surface area contributed by atoms with Crippen molar-refractivity contribution < 1.29 is 9.21 Å². The Morgan fingerprint density at radius 3 is 3.19 bits per heavy atom. The first kappa shape index (κ1) is 12.3. The lowest BCUT2D eigenvalue weighted by Gasteiger charge is -2.22. The molecule has 0 radical (unpaired) electrons. The second-order valence-electron chi connectivity index (χ2n) is 5.46. The molecule has 0 aliphatic heterocycles. The van der Waals surface area contributed by atoms with Crippen molar-refractivity contribution in [3.8, 4) is 0 Å². The zero-order valence-corrected chi connectivity index (χ0v) is 11.6. The van der Waals surface area contributed by atoms with Gasteiger partial charge in [0, 0.05) is 23.6 Å². The summed E-state index contributed by atoms with van der Waals surface area (Å²) in [7, 11) is 0. The van der Waals surface area contributed by atoms with Gasteiger partial charge in [-0.3, -0.25) is 4.79 Å². The third-order valence-corrected chi connectivity index (χ3v) is 4.19. The summed E-state index contributed by atoms with van der Waals surface area (Å²) in [6, 6.07) is 9.75. The number of fused-ring (bicyclic) bond motifs is 2. The van der Waals surface area contributed by atoms with Gasteiger partial charge in [0.2, 0.25) is 0 Å². The van der Waals surface area contributed by atoms with E-state index in [4.69, 9.17) is 4.42 Å². The molecule has 2 heterocycles. The quantitative estimate of drug-likeness (QED) is 0.754. The normalized spacial score (nSPS) is 17.6. The fourth-order valence-corrected chi connectivity index (χ4v) is 3.15. The smallest absolute Gasteiger partial charge is 0.253 e. The Morgan fingerprint density at radius 1 is 1.29 bits per heavy atom. The molecule has 4 rings (SSSR count). The van der Waals surface area contributed by atoms with E-state index in [0.717, 1.165) is 41.5 Å². The lowest BCUT2D eigenvalue weighted by Crippen LogP contribution is -2.30. The first-order valence-corrected chi connectivity index (χ1v) is 7.26. The third-order valence-electron chi connectivity index (χ3n) is 4.19. The average molecular weight is 280 g/mol. The second-order valence-corrected chi connectivity index (χ2v) is 5.46. The maximum Gasteiger partial charge on any atom is 0.253 e. The summed E-state index contributed by atoms with van der Waals surface area (Å²) in [5.74, 6) is 0.965. The highest BCUT2D eigenvalue weighted by molar-refractivity contribution is 6.05. The van der Waals surface area contributed by atoms with Crippen LogP contribution in [0, 0.1) is 0 Å². The maximum absolute atomic E-state index is 12.6. The molecule has 0 bridgehead atoms. The molecule has 3 aromatic rings. The van der Waals surface area contributed by atoms with Crippen LogP contribution in [0.25, 0.3) is 10.9 Å². The van der Waals surface area contributed by atoms with E-state index in [2.05, 4.69) is 10.3 Å². The number of hydrogen-bond donors (Lipinski definition) is 2.